The zero-order valence-electron chi connectivity index (χ0n) is 4.74. The number of halogens is 1. The minimum Gasteiger partial charge on any atom is -0.397 e. The molecule has 0 radical (unpaired) electrons. The van der Waals surface area contributed by atoms with Gasteiger partial charge in [0.15, 0.2) is 0 Å². The summed E-state index contributed by atoms with van der Waals surface area (Å²) in [6, 6.07) is 1.66. The van der Waals surface area contributed by atoms with Crippen LogP contribution in [0.2, 0.25) is 0 Å². The maximum atomic E-state index is 5.32. The lowest BCUT2D eigenvalue weighted by molar-refractivity contribution is 1.34. The van der Waals surface area contributed by atoms with E-state index in [1.54, 1.807) is 18.5 Å². The minimum absolute atomic E-state index is 0. The number of hydrogen-bond acceptors (Lipinski definition) is 3. The normalized spacial score (nSPS) is 8.00. The molecule has 0 saturated carbocycles. The highest BCUT2D eigenvalue weighted by Gasteiger charge is 1.82. The van der Waals surface area contributed by atoms with Gasteiger partial charge in [0.25, 0.3) is 0 Å². The Labute approximate surface area is 59.5 Å². The van der Waals surface area contributed by atoms with Crippen LogP contribution in [0.5, 0.6) is 0 Å². The fourth-order valence-electron chi connectivity index (χ4n) is 0.476. The molecule has 50 valence electrons. The molecule has 0 atom stereocenters. The predicted molar refractivity (Wildman–Crippen MR) is 40.3 cm³/mol. The van der Waals surface area contributed by atoms with Gasteiger partial charge in [0.05, 0.1) is 11.4 Å². The topological polar surface area (TPSA) is 64.9 Å². The van der Waals surface area contributed by atoms with Crippen LogP contribution >= 0.6 is 12.4 Å². The molecule has 1 heterocycles. The number of aromatic nitrogens is 1. The standard InChI is InChI=1S/C5H7N3.ClH/c6-4-1-5(7)3-8-2-4;/h1-3H,6-7H2;1H. The molecule has 1 rings (SSSR count). The molecule has 0 aromatic carbocycles. The van der Waals surface area contributed by atoms with Crippen molar-refractivity contribution >= 4 is 23.8 Å². The van der Waals surface area contributed by atoms with E-state index in [1.807, 2.05) is 0 Å². The Morgan fingerprint density at radius 2 is 1.56 bits per heavy atom. The van der Waals surface area contributed by atoms with Crippen molar-refractivity contribution in [2.45, 2.75) is 0 Å². The zero-order chi connectivity index (χ0) is 5.98. The Bertz CT molecular complexity index is 172. The largest absolute Gasteiger partial charge is 0.397 e. The molecule has 3 nitrogen and oxygen atoms in total. The second kappa shape index (κ2) is 3.14. The maximum Gasteiger partial charge on any atom is 0.0521 e. The van der Waals surface area contributed by atoms with Crippen molar-refractivity contribution < 1.29 is 0 Å². The lowest BCUT2D eigenvalue weighted by atomic mass is 10.4. The Morgan fingerprint density at radius 1 is 1.11 bits per heavy atom. The Balaban J connectivity index is 0.000000640. The summed E-state index contributed by atoms with van der Waals surface area (Å²) in [7, 11) is 0. The molecule has 0 bridgehead atoms. The average Bonchev–Trinajstić information content (AvgIpc) is 1.64. The van der Waals surface area contributed by atoms with E-state index in [-0.39, 0.29) is 12.4 Å². The Kier molecular flexibility index (Phi) is 2.81. The van der Waals surface area contributed by atoms with Gasteiger partial charge in [-0.1, -0.05) is 0 Å². The van der Waals surface area contributed by atoms with E-state index in [0.717, 1.165) is 0 Å². The second-order valence-electron chi connectivity index (χ2n) is 1.55. The number of hydrogen-bond donors (Lipinski definition) is 2. The SMILES string of the molecule is Cl.Nc1cncc(N)c1. The number of anilines is 2. The van der Waals surface area contributed by atoms with Crippen LogP contribution in [0.1, 0.15) is 0 Å². The highest BCUT2D eigenvalue weighted by molar-refractivity contribution is 5.85. The molecule has 0 saturated heterocycles. The van der Waals surface area contributed by atoms with Crippen molar-refractivity contribution in [3.05, 3.63) is 18.5 Å². The highest BCUT2D eigenvalue weighted by Crippen LogP contribution is 2.02. The van der Waals surface area contributed by atoms with Crippen LogP contribution in [0.3, 0.4) is 0 Å². The molecule has 4 N–H and O–H groups in total. The third-order valence-corrected chi connectivity index (χ3v) is 0.781. The summed E-state index contributed by atoms with van der Waals surface area (Å²) in [6.07, 6.45) is 3.10. The molecular formula is C5H8ClN3. The van der Waals surface area contributed by atoms with Gasteiger partial charge >= 0.3 is 0 Å². The molecule has 0 spiro atoms. The maximum absolute atomic E-state index is 5.32. The van der Waals surface area contributed by atoms with Crippen molar-refractivity contribution in [3.63, 3.8) is 0 Å². The fourth-order valence-corrected chi connectivity index (χ4v) is 0.476. The average molecular weight is 146 g/mol. The molecule has 0 aliphatic rings. The summed E-state index contributed by atoms with van der Waals surface area (Å²) >= 11 is 0. The van der Waals surface area contributed by atoms with Crippen molar-refractivity contribution in [1.82, 2.24) is 4.98 Å². The molecule has 0 fully saturated rings. The van der Waals surface area contributed by atoms with E-state index in [4.69, 9.17) is 11.5 Å². The summed E-state index contributed by atoms with van der Waals surface area (Å²) in [6.45, 7) is 0. The highest BCUT2D eigenvalue weighted by atomic mass is 35.5. The molecule has 1 aromatic heterocycles. The smallest absolute Gasteiger partial charge is 0.0521 e. The summed E-state index contributed by atoms with van der Waals surface area (Å²) in [5.74, 6) is 0. The monoisotopic (exact) mass is 145 g/mol. The number of pyridine rings is 1. The number of rotatable bonds is 0. The first kappa shape index (κ1) is 8.04. The number of nitrogens with zero attached hydrogens (tertiary/aromatic N) is 1. The lowest BCUT2D eigenvalue weighted by Crippen LogP contribution is -1.89. The quantitative estimate of drug-likeness (QED) is 0.564. The van der Waals surface area contributed by atoms with Crippen molar-refractivity contribution in [1.29, 1.82) is 0 Å². The van der Waals surface area contributed by atoms with E-state index in [2.05, 4.69) is 4.98 Å². The van der Waals surface area contributed by atoms with Gasteiger partial charge in [0, 0.05) is 12.4 Å². The van der Waals surface area contributed by atoms with E-state index in [9.17, 15) is 0 Å². The number of nitrogen functional groups attached to an aromatic ring is 2. The summed E-state index contributed by atoms with van der Waals surface area (Å²) in [5.41, 5.74) is 11.8. The molecule has 1 aromatic rings. The van der Waals surface area contributed by atoms with Gasteiger partial charge in [-0.3, -0.25) is 4.98 Å². The van der Waals surface area contributed by atoms with E-state index in [1.165, 1.54) is 0 Å². The van der Waals surface area contributed by atoms with E-state index < -0.39 is 0 Å². The van der Waals surface area contributed by atoms with Crippen LogP contribution in [-0.4, -0.2) is 4.98 Å². The molecule has 0 aliphatic carbocycles. The van der Waals surface area contributed by atoms with E-state index >= 15 is 0 Å². The van der Waals surface area contributed by atoms with Gasteiger partial charge in [0.2, 0.25) is 0 Å². The molecule has 0 unspecified atom stereocenters. The van der Waals surface area contributed by atoms with Crippen LogP contribution in [0, 0.1) is 0 Å². The molecule has 9 heavy (non-hydrogen) atoms. The third-order valence-electron chi connectivity index (χ3n) is 0.781. The molecule has 4 heteroatoms. The lowest BCUT2D eigenvalue weighted by Gasteiger charge is -1.90. The van der Waals surface area contributed by atoms with Gasteiger partial charge in [-0.15, -0.1) is 12.4 Å². The second-order valence-corrected chi connectivity index (χ2v) is 1.55. The van der Waals surface area contributed by atoms with E-state index in [0.29, 0.717) is 11.4 Å². The van der Waals surface area contributed by atoms with Crippen LogP contribution in [0.15, 0.2) is 18.5 Å². The summed E-state index contributed by atoms with van der Waals surface area (Å²) < 4.78 is 0. The van der Waals surface area contributed by atoms with Crippen LogP contribution < -0.4 is 11.5 Å². The zero-order valence-corrected chi connectivity index (χ0v) is 5.56. The Hall–Kier alpha value is -0.960. The van der Waals surface area contributed by atoms with Gasteiger partial charge in [-0.25, -0.2) is 0 Å². The molecular weight excluding hydrogens is 138 g/mol. The first-order valence-corrected chi connectivity index (χ1v) is 2.25. The summed E-state index contributed by atoms with van der Waals surface area (Å²) in [5, 5.41) is 0. The van der Waals surface area contributed by atoms with Crippen molar-refractivity contribution in [2.24, 2.45) is 0 Å². The van der Waals surface area contributed by atoms with Crippen LogP contribution in [0.4, 0.5) is 11.4 Å². The van der Waals surface area contributed by atoms with Crippen LogP contribution in [-0.2, 0) is 0 Å². The molecule has 0 aliphatic heterocycles. The van der Waals surface area contributed by atoms with Crippen molar-refractivity contribution in [2.75, 3.05) is 11.5 Å². The number of nitrogens with two attached hydrogens (primary N) is 2. The fraction of sp³-hybridized carbons (Fsp3) is 0. The third kappa shape index (κ3) is 2.19. The van der Waals surface area contributed by atoms with Crippen molar-refractivity contribution in [3.8, 4) is 0 Å². The van der Waals surface area contributed by atoms with Gasteiger partial charge in [-0.2, -0.15) is 0 Å². The van der Waals surface area contributed by atoms with Gasteiger partial charge in [0.1, 0.15) is 0 Å². The minimum atomic E-state index is 0. The first-order chi connectivity index (χ1) is 3.79. The van der Waals surface area contributed by atoms with Crippen LogP contribution in [0.25, 0.3) is 0 Å². The Morgan fingerprint density at radius 3 is 1.78 bits per heavy atom. The summed E-state index contributed by atoms with van der Waals surface area (Å²) in [4.78, 5) is 3.73. The molecule has 0 amide bonds. The van der Waals surface area contributed by atoms with Gasteiger partial charge in [-0.05, 0) is 6.07 Å². The first-order valence-electron chi connectivity index (χ1n) is 2.25. The van der Waals surface area contributed by atoms with Gasteiger partial charge < -0.3 is 11.5 Å². The predicted octanol–water partition coefficient (Wildman–Crippen LogP) is 0.668.